The third-order valence-corrected chi connectivity index (χ3v) is 4.58. The van der Waals surface area contributed by atoms with E-state index < -0.39 is 5.72 Å². The molecule has 5 unspecified atom stereocenters. The molecule has 5 atom stereocenters. The van der Waals surface area contributed by atoms with E-state index in [4.69, 9.17) is 10.5 Å². The third kappa shape index (κ3) is 1.71. The predicted molar refractivity (Wildman–Crippen MR) is 69.2 cm³/mol. The first-order valence-corrected chi connectivity index (χ1v) is 6.67. The Balaban J connectivity index is 1.92. The number of hydrogen-bond acceptors (Lipinski definition) is 2. The maximum atomic E-state index is 6.52. The van der Waals surface area contributed by atoms with E-state index in [2.05, 4.69) is 30.9 Å². The van der Waals surface area contributed by atoms with Crippen LogP contribution in [0.5, 0.6) is 0 Å². The largest absolute Gasteiger partial charge is 0.353 e. The SMILES string of the molecule is C=CCC1CCCC2(N)OC3C=CC=CC3C12. The molecule has 2 heteroatoms. The summed E-state index contributed by atoms with van der Waals surface area (Å²) in [5.41, 5.74) is 6.12. The van der Waals surface area contributed by atoms with Crippen molar-refractivity contribution in [1.29, 1.82) is 0 Å². The second-order valence-corrected chi connectivity index (χ2v) is 5.59. The first kappa shape index (κ1) is 11.2. The Morgan fingerprint density at radius 1 is 1.41 bits per heavy atom. The Kier molecular flexibility index (Phi) is 2.72. The maximum Gasteiger partial charge on any atom is 0.121 e. The molecule has 0 radical (unpaired) electrons. The van der Waals surface area contributed by atoms with Gasteiger partial charge in [-0.25, -0.2) is 0 Å². The van der Waals surface area contributed by atoms with Crippen LogP contribution < -0.4 is 5.73 Å². The van der Waals surface area contributed by atoms with E-state index in [1.165, 1.54) is 12.8 Å². The highest BCUT2D eigenvalue weighted by molar-refractivity contribution is 5.22. The van der Waals surface area contributed by atoms with Gasteiger partial charge in [-0.05, 0) is 31.6 Å². The highest BCUT2D eigenvalue weighted by Gasteiger charge is 2.55. The molecule has 1 saturated carbocycles. The van der Waals surface area contributed by atoms with Crippen LogP contribution in [-0.2, 0) is 4.74 Å². The number of rotatable bonds is 2. The summed E-state index contributed by atoms with van der Waals surface area (Å²) in [7, 11) is 0. The second kappa shape index (κ2) is 4.11. The topological polar surface area (TPSA) is 35.2 Å². The van der Waals surface area contributed by atoms with Crippen LogP contribution in [0, 0.1) is 17.8 Å². The molecule has 0 aromatic heterocycles. The van der Waals surface area contributed by atoms with Gasteiger partial charge in [0.25, 0.3) is 0 Å². The van der Waals surface area contributed by atoms with Crippen molar-refractivity contribution in [2.24, 2.45) is 23.5 Å². The Hall–Kier alpha value is -0.860. The van der Waals surface area contributed by atoms with Crippen LogP contribution in [-0.4, -0.2) is 11.8 Å². The minimum Gasteiger partial charge on any atom is -0.353 e. The molecule has 3 aliphatic rings. The fraction of sp³-hybridized carbons (Fsp3) is 0.600. The Bertz CT molecular complexity index is 373. The van der Waals surface area contributed by atoms with E-state index >= 15 is 0 Å². The zero-order chi connectivity index (χ0) is 11.9. The summed E-state index contributed by atoms with van der Waals surface area (Å²) in [4.78, 5) is 0. The van der Waals surface area contributed by atoms with Gasteiger partial charge in [0.15, 0.2) is 0 Å². The van der Waals surface area contributed by atoms with Crippen molar-refractivity contribution in [1.82, 2.24) is 0 Å². The Labute approximate surface area is 103 Å². The number of nitrogens with two attached hydrogens (primary N) is 1. The van der Waals surface area contributed by atoms with Crippen LogP contribution in [0.25, 0.3) is 0 Å². The minimum atomic E-state index is -0.403. The monoisotopic (exact) mass is 231 g/mol. The van der Waals surface area contributed by atoms with Crippen molar-refractivity contribution < 1.29 is 4.74 Å². The van der Waals surface area contributed by atoms with Crippen molar-refractivity contribution in [3.05, 3.63) is 37.0 Å². The molecule has 1 heterocycles. The summed E-state index contributed by atoms with van der Waals surface area (Å²) in [5, 5.41) is 0. The van der Waals surface area contributed by atoms with Crippen LogP contribution in [0.15, 0.2) is 37.0 Å². The second-order valence-electron chi connectivity index (χ2n) is 5.59. The molecule has 0 bridgehead atoms. The predicted octanol–water partition coefficient (Wildman–Crippen LogP) is 2.77. The van der Waals surface area contributed by atoms with Gasteiger partial charge in [-0.1, -0.05) is 30.4 Å². The van der Waals surface area contributed by atoms with E-state index in [-0.39, 0.29) is 6.10 Å². The molecule has 3 rings (SSSR count). The quantitative estimate of drug-likeness (QED) is 0.742. The van der Waals surface area contributed by atoms with Crippen molar-refractivity contribution in [3.8, 4) is 0 Å². The summed E-state index contributed by atoms with van der Waals surface area (Å²) in [6.45, 7) is 3.88. The number of fused-ring (bicyclic) bond motifs is 3. The van der Waals surface area contributed by atoms with E-state index in [1.807, 2.05) is 6.08 Å². The molecule has 2 nitrogen and oxygen atoms in total. The zero-order valence-electron chi connectivity index (χ0n) is 10.2. The van der Waals surface area contributed by atoms with Crippen molar-refractivity contribution in [2.75, 3.05) is 0 Å². The van der Waals surface area contributed by atoms with Gasteiger partial charge in [-0.3, -0.25) is 0 Å². The highest BCUT2D eigenvalue weighted by atomic mass is 16.5. The molecule has 17 heavy (non-hydrogen) atoms. The van der Waals surface area contributed by atoms with Gasteiger partial charge in [0.1, 0.15) is 5.72 Å². The van der Waals surface area contributed by atoms with Gasteiger partial charge in [-0.15, -0.1) is 6.58 Å². The van der Waals surface area contributed by atoms with E-state index in [9.17, 15) is 0 Å². The van der Waals surface area contributed by atoms with Crippen LogP contribution in [0.2, 0.25) is 0 Å². The molecule has 0 aromatic rings. The van der Waals surface area contributed by atoms with Gasteiger partial charge in [0, 0.05) is 11.8 Å². The van der Waals surface area contributed by atoms with Crippen LogP contribution in [0.1, 0.15) is 25.7 Å². The fourth-order valence-electron chi connectivity index (χ4n) is 3.94. The Morgan fingerprint density at radius 2 is 2.24 bits per heavy atom. The summed E-state index contributed by atoms with van der Waals surface area (Å²) in [5.74, 6) is 1.56. The first-order valence-electron chi connectivity index (χ1n) is 6.67. The maximum absolute atomic E-state index is 6.52. The standard InChI is InChI=1S/C15H21NO/c1-2-6-11-7-5-10-15(16)14(11)12-8-3-4-9-13(12)17-15/h2-4,8-9,11-14H,1,5-7,10,16H2. The molecule has 0 aromatic carbocycles. The summed E-state index contributed by atoms with van der Waals surface area (Å²) in [6.07, 6.45) is 15.4. The summed E-state index contributed by atoms with van der Waals surface area (Å²) in [6, 6.07) is 0. The number of allylic oxidation sites excluding steroid dienone is 3. The molecule has 2 fully saturated rings. The average Bonchev–Trinajstić information content (AvgIpc) is 2.62. The van der Waals surface area contributed by atoms with Gasteiger partial charge in [-0.2, -0.15) is 0 Å². The molecule has 2 aliphatic carbocycles. The number of hydrogen-bond donors (Lipinski definition) is 1. The lowest BCUT2D eigenvalue weighted by atomic mass is 9.67. The van der Waals surface area contributed by atoms with E-state index in [1.54, 1.807) is 0 Å². The molecular formula is C15H21NO. The van der Waals surface area contributed by atoms with Gasteiger partial charge in [0.05, 0.1) is 6.10 Å². The third-order valence-electron chi connectivity index (χ3n) is 4.58. The molecule has 1 saturated heterocycles. The number of ether oxygens (including phenoxy) is 1. The van der Waals surface area contributed by atoms with Gasteiger partial charge in [0.2, 0.25) is 0 Å². The van der Waals surface area contributed by atoms with Gasteiger partial charge >= 0.3 is 0 Å². The zero-order valence-corrected chi connectivity index (χ0v) is 10.2. The molecule has 0 amide bonds. The molecule has 0 spiro atoms. The minimum absolute atomic E-state index is 0.195. The van der Waals surface area contributed by atoms with Crippen LogP contribution in [0.3, 0.4) is 0 Å². The van der Waals surface area contributed by atoms with Gasteiger partial charge < -0.3 is 10.5 Å². The molecule has 92 valence electrons. The van der Waals surface area contributed by atoms with Crippen molar-refractivity contribution >= 4 is 0 Å². The molecule has 1 aliphatic heterocycles. The smallest absolute Gasteiger partial charge is 0.121 e. The summed E-state index contributed by atoms with van der Waals surface area (Å²) < 4.78 is 6.14. The van der Waals surface area contributed by atoms with Crippen LogP contribution in [0.4, 0.5) is 0 Å². The lowest BCUT2D eigenvalue weighted by Crippen LogP contribution is -2.51. The van der Waals surface area contributed by atoms with Crippen molar-refractivity contribution in [3.63, 3.8) is 0 Å². The van der Waals surface area contributed by atoms with Crippen LogP contribution >= 0.6 is 0 Å². The fourth-order valence-corrected chi connectivity index (χ4v) is 3.94. The normalized spacial score (nSPS) is 47.6. The first-order chi connectivity index (χ1) is 8.24. The van der Waals surface area contributed by atoms with E-state index in [0.717, 1.165) is 12.8 Å². The summed E-state index contributed by atoms with van der Waals surface area (Å²) >= 11 is 0. The molecule has 2 N–H and O–H groups in total. The van der Waals surface area contributed by atoms with E-state index in [0.29, 0.717) is 17.8 Å². The molecular weight excluding hydrogens is 210 g/mol. The Morgan fingerprint density at radius 3 is 3.06 bits per heavy atom. The lowest BCUT2D eigenvalue weighted by Gasteiger charge is -2.41. The lowest BCUT2D eigenvalue weighted by molar-refractivity contribution is -0.0733. The van der Waals surface area contributed by atoms with Crippen molar-refractivity contribution in [2.45, 2.75) is 37.5 Å². The highest BCUT2D eigenvalue weighted by Crippen LogP contribution is 2.51. The average molecular weight is 231 g/mol.